The maximum Gasteiger partial charge on any atom is 0.292 e. The van der Waals surface area contributed by atoms with Gasteiger partial charge in [0.2, 0.25) is 5.76 Å². The largest absolute Gasteiger partial charge is 0.351 e. The first kappa shape index (κ1) is 14.1. The van der Waals surface area contributed by atoms with E-state index in [1.54, 1.807) is 6.07 Å². The van der Waals surface area contributed by atoms with Crippen LogP contribution in [0.25, 0.3) is 0 Å². The molecule has 0 aliphatic carbocycles. The molecule has 1 aromatic rings. The summed E-state index contributed by atoms with van der Waals surface area (Å²) in [6, 6.07) is 1.77. The van der Waals surface area contributed by atoms with Crippen LogP contribution in [0.3, 0.4) is 0 Å². The van der Waals surface area contributed by atoms with Crippen molar-refractivity contribution in [3.63, 3.8) is 0 Å². The van der Waals surface area contributed by atoms with Gasteiger partial charge in [-0.25, -0.2) is 0 Å². The van der Waals surface area contributed by atoms with Crippen LogP contribution in [-0.4, -0.2) is 35.6 Å². The van der Waals surface area contributed by atoms with Gasteiger partial charge in [-0.15, -0.1) is 0 Å². The van der Waals surface area contributed by atoms with Gasteiger partial charge in [-0.3, -0.25) is 4.79 Å². The van der Waals surface area contributed by atoms with Crippen LogP contribution < -0.4 is 5.73 Å². The monoisotopic (exact) mass is 265 g/mol. The van der Waals surface area contributed by atoms with Crippen molar-refractivity contribution in [2.24, 2.45) is 11.1 Å². The van der Waals surface area contributed by atoms with Crippen LogP contribution in [0.4, 0.5) is 0 Å². The van der Waals surface area contributed by atoms with Gasteiger partial charge >= 0.3 is 0 Å². The van der Waals surface area contributed by atoms with Crippen molar-refractivity contribution < 1.29 is 9.32 Å². The van der Waals surface area contributed by atoms with Crippen LogP contribution in [0.15, 0.2) is 10.6 Å². The predicted octanol–water partition coefficient (Wildman–Crippen LogP) is 2.00. The molecule has 19 heavy (non-hydrogen) atoms. The van der Waals surface area contributed by atoms with Crippen molar-refractivity contribution in [1.82, 2.24) is 10.1 Å². The molecule has 1 saturated heterocycles. The normalized spacial score (nSPS) is 24.7. The Kier molecular flexibility index (Phi) is 3.94. The summed E-state index contributed by atoms with van der Waals surface area (Å²) in [5, 5.41) is 3.99. The standard InChI is InChI=1S/C14H23N3O2/c1-4-10(2)11-7-12(19-16-11)13(18)17-6-5-14(3,8-15)9-17/h7,10H,4-6,8-9,15H2,1-3H3. The van der Waals surface area contributed by atoms with E-state index in [0.29, 0.717) is 24.8 Å². The molecule has 1 aliphatic heterocycles. The summed E-state index contributed by atoms with van der Waals surface area (Å²) in [4.78, 5) is 14.1. The fourth-order valence-electron chi connectivity index (χ4n) is 2.35. The molecule has 2 unspecified atom stereocenters. The van der Waals surface area contributed by atoms with Crippen molar-refractivity contribution in [2.75, 3.05) is 19.6 Å². The minimum Gasteiger partial charge on any atom is -0.351 e. The van der Waals surface area contributed by atoms with Crippen LogP contribution >= 0.6 is 0 Å². The van der Waals surface area contributed by atoms with E-state index in [4.69, 9.17) is 10.3 Å². The third-order valence-corrected chi connectivity index (χ3v) is 4.19. The Morgan fingerprint density at radius 1 is 1.68 bits per heavy atom. The number of carbonyl (C=O) groups is 1. The molecule has 1 fully saturated rings. The second-order valence-electron chi connectivity index (χ2n) is 5.92. The Morgan fingerprint density at radius 2 is 2.42 bits per heavy atom. The van der Waals surface area contributed by atoms with Gasteiger partial charge in [0, 0.05) is 25.1 Å². The van der Waals surface area contributed by atoms with Gasteiger partial charge in [0.05, 0.1) is 5.69 Å². The first-order valence-electron chi connectivity index (χ1n) is 6.95. The third-order valence-electron chi connectivity index (χ3n) is 4.19. The van der Waals surface area contributed by atoms with Crippen molar-refractivity contribution in [2.45, 2.75) is 39.5 Å². The highest BCUT2D eigenvalue weighted by atomic mass is 16.5. The second kappa shape index (κ2) is 5.33. The Morgan fingerprint density at radius 3 is 3.00 bits per heavy atom. The average molecular weight is 265 g/mol. The molecule has 2 heterocycles. The maximum atomic E-state index is 12.3. The number of likely N-dealkylation sites (tertiary alicyclic amines) is 1. The Hall–Kier alpha value is -1.36. The molecule has 1 aromatic heterocycles. The number of hydrogen-bond donors (Lipinski definition) is 1. The molecule has 1 amide bonds. The van der Waals surface area contributed by atoms with E-state index < -0.39 is 0 Å². The van der Waals surface area contributed by atoms with E-state index >= 15 is 0 Å². The van der Waals surface area contributed by atoms with Crippen LogP contribution in [0.2, 0.25) is 0 Å². The zero-order valence-electron chi connectivity index (χ0n) is 12.0. The van der Waals surface area contributed by atoms with Crippen molar-refractivity contribution in [1.29, 1.82) is 0 Å². The summed E-state index contributed by atoms with van der Waals surface area (Å²) >= 11 is 0. The molecule has 0 aromatic carbocycles. The molecular formula is C14H23N3O2. The molecule has 106 valence electrons. The Labute approximate surface area is 114 Å². The molecule has 0 bridgehead atoms. The highest BCUT2D eigenvalue weighted by Gasteiger charge is 2.36. The minimum absolute atomic E-state index is 0.0369. The Bertz CT molecular complexity index is 457. The van der Waals surface area contributed by atoms with Gasteiger partial charge in [-0.2, -0.15) is 0 Å². The van der Waals surface area contributed by atoms with Gasteiger partial charge < -0.3 is 15.2 Å². The molecule has 5 nitrogen and oxygen atoms in total. The van der Waals surface area contributed by atoms with Crippen molar-refractivity contribution >= 4 is 5.91 Å². The van der Waals surface area contributed by atoms with E-state index in [-0.39, 0.29) is 11.3 Å². The number of hydrogen-bond acceptors (Lipinski definition) is 4. The summed E-state index contributed by atoms with van der Waals surface area (Å²) in [7, 11) is 0. The zero-order valence-corrected chi connectivity index (χ0v) is 12.0. The summed E-state index contributed by atoms with van der Waals surface area (Å²) in [6.07, 6.45) is 1.93. The van der Waals surface area contributed by atoms with Gasteiger partial charge in [-0.05, 0) is 24.8 Å². The van der Waals surface area contributed by atoms with Crippen LogP contribution in [-0.2, 0) is 0 Å². The first-order valence-corrected chi connectivity index (χ1v) is 6.95. The van der Waals surface area contributed by atoms with Gasteiger partial charge in [0.25, 0.3) is 5.91 Å². The Balaban J connectivity index is 2.07. The van der Waals surface area contributed by atoms with Crippen molar-refractivity contribution in [3.8, 4) is 0 Å². The first-order chi connectivity index (χ1) is 8.99. The molecule has 0 radical (unpaired) electrons. The van der Waals surface area contributed by atoms with Gasteiger partial charge in [0.15, 0.2) is 0 Å². The minimum atomic E-state index is -0.0702. The summed E-state index contributed by atoms with van der Waals surface area (Å²) < 4.78 is 5.19. The number of rotatable bonds is 4. The molecule has 0 saturated carbocycles. The molecule has 1 aliphatic rings. The predicted molar refractivity (Wildman–Crippen MR) is 72.9 cm³/mol. The van der Waals surface area contributed by atoms with Gasteiger partial charge in [0.1, 0.15) is 0 Å². The SMILES string of the molecule is CCC(C)c1cc(C(=O)N2CCC(C)(CN)C2)on1. The molecule has 2 atom stereocenters. The lowest BCUT2D eigenvalue weighted by atomic mass is 9.90. The molecule has 0 spiro atoms. The average Bonchev–Trinajstić information content (AvgIpc) is 3.04. The molecule has 5 heteroatoms. The van der Waals surface area contributed by atoms with E-state index in [2.05, 4.69) is 25.9 Å². The number of aromatic nitrogens is 1. The lowest BCUT2D eigenvalue weighted by Gasteiger charge is -2.21. The van der Waals surface area contributed by atoms with E-state index in [0.717, 1.165) is 25.1 Å². The van der Waals surface area contributed by atoms with Crippen LogP contribution in [0, 0.1) is 5.41 Å². The fourth-order valence-corrected chi connectivity index (χ4v) is 2.35. The number of nitrogens with zero attached hydrogens (tertiary/aromatic N) is 2. The third kappa shape index (κ3) is 2.81. The van der Waals surface area contributed by atoms with Crippen LogP contribution in [0.1, 0.15) is 55.8 Å². The molecular weight excluding hydrogens is 242 g/mol. The summed E-state index contributed by atoms with van der Waals surface area (Å²) in [6.45, 7) is 8.33. The number of amides is 1. The number of nitrogens with two attached hydrogens (primary N) is 1. The topological polar surface area (TPSA) is 72.4 Å². The molecule has 2 rings (SSSR count). The van der Waals surface area contributed by atoms with Crippen LogP contribution in [0.5, 0.6) is 0 Å². The zero-order chi connectivity index (χ0) is 14.0. The second-order valence-corrected chi connectivity index (χ2v) is 5.92. The quantitative estimate of drug-likeness (QED) is 0.903. The maximum absolute atomic E-state index is 12.3. The summed E-state index contributed by atoms with van der Waals surface area (Å²) in [5.41, 5.74) is 6.65. The van der Waals surface area contributed by atoms with E-state index in [9.17, 15) is 4.79 Å². The van der Waals surface area contributed by atoms with Gasteiger partial charge in [-0.1, -0.05) is 25.9 Å². The lowest BCUT2D eigenvalue weighted by Crippen LogP contribution is -2.34. The lowest BCUT2D eigenvalue weighted by molar-refractivity contribution is 0.0735. The van der Waals surface area contributed by atoms with Crippen molar-refractivity contribution in [3.05, 3.63) is 17.5 Å². The smallest absolute Gasteiger partial charge is 0.292 e. The fraction of sp³-hybridized carbons (Fsp3) is 0.714. The van der Waals surface area contributed by atoms with E-state index in [1.807, 2.05) is 4.90 Å². The van der Waals surface area contributed by atoms with E-state index in [1.165, 1.54) is 0 Å². The summed E-state index contributed by atoms with van der Waals surface area (Å²) in [5.74, 6) is 0.592. The highest BCUT2D eigenvalue weighted by Crippen LogP contribution is 2.30. The molecule has 2 N–H and O–H groups in total. The highest BCUT2D eigenvalue weighted by molar-refractivity contribution is 5.91. The number of carbonyl (C=O) groups excluding carboxylic acids is 1.